The van der Waals surface area contributed by atoms with Crippen molar-refractivity contribution in [3.63, 3.8) is 0 Å². The highest BCUT2D eigenvalue weighted by molar-refractivity contribution is 7.15. The highest BCUT2D eigenvalue weighted by Crippen LogP contribution is 2.33. The van der Waals surface area contributed by atoms with E-state index in [1.807, 2.05) is 13.1 Å². The number of imidazole rings is 1. The maximum absolute atomic E-state index is 4.65. The van der Waals surface area contributed by atoms with E-state index in [9.17, 15) is 0 Å². The monoisotopic (exact) mass is 369 g/mol. The second kappa shape index (κ2) is 7.51. The first-order valence-electron chi connectivity index (χ1n) is 8.90. The number of piperidine rings is 1. The van der Waals surface area contributed by atoms with Crippen molar-refractivity contribution in [1.82, 2.24) is 29.8 Å². The van der Waals surface area contributed by atoms with Crippen molar-refractivity contribution >= 4 is 22.3 Å². The second-order valence-electron chi connectivity index (χ2n) is 6.70. The van der Waals surface area contributed by atoms with Crippen LogP contribution in [-0.4, -0.2) is 42.9 Å². The normalized spacial score (nSPS) is 16.1. The molecule has 0 aromatic carbocycles. The summed E-state index contributed by atoms with van der Waals surface area (Å²) in [5.41, 5.74) is 3.29. The molecule has 1 saturated heterocycles. The molecular formula is C18H23N7S. The molecule has 2 N–H and O–H groups in total. The molecule has 4 heterocycles. The lowest BCUT2D eigenvalue weighted by molar-refractivity contribution is 0.201. The Labute approximate surface area is 156 Å². The van der Waals surface area contributed by atoms with Crippen LogP contribution in [0.25, 0.3) is 0 Å². The van der Waals surface area contributed by atoms with Gasteiger partial charge in [-0.15, -0.1) is 11.3 Å². The molecular weight excluding hydrogens is 346 g/mol. The first-order chi connectivity index (χ1) is 12.7. The van der Waals surface area contributed by atoms with E-state index in [0.717, 1.165) is 54.8 Å². The van der Waals surface area contributed by atoms with Crippen LogP contribution in [0.2, 0.25) is 0 Å². The number of nitrogens with zero attached hydrogens (tertiary/aromatic N) is 5. The molecule has 0 spiro atoms. The molecule has 0 amide bonds. The van der Waals surface area contributed by atoms with E-state index in [4.69, 9.17) is 0 Å². The van der Waals surface area contributed by atoms with Gasteiger partial charge in [0.05, 0.1) is 17.7 Å². The first-order valence-corrected chi connectivity index (χ1v) is 9.72. The Hall–Kier alpha value is -2.32. The summed E-state index contributed by atoms with van der Waals surface area (Å²) in [5.74, 6) is 1.26. The number of nitrogens with one attached hydrogen (secondary N) is 2. The molecule has 3 aromatic rings. The zero-order valence-corrected chi connectivity index (χ0v) is 15.9. The molecule has 136 valence electrons. The Bertz CT molecular complexity index is 831. The first kappa shape index (κ1) is 17.1. The Balaban J connectivity index is 1.43. The molecule has 1 aliphatic heterocycles. The van der Waals surface area contributed by atoms with Crippen molar-refractivity contribution in [2.45, 2.75) is 39.2 Å². The number of thiazole rings is 1. The summed E-state index contributed by atoms with van der Waals surface area (Å²) in [5, 5.41) is 4.27. The van der Waals surface area contributed by atoms with Gasteiger partial charge >= 0.3 is 0 Å². The maximum Gasteiger partial charge on any atom is 0.188 e. The van der Waals surface area contributed by atoms with Crippen LogP contribution in [0, 0.1) is 13.8 Å². The van der Waals surface area contributed by atoms with Gasteiger partial charge in [0, 0.05) is 41.6 Å². The predicted octanol–water partition coefficient (Wildman–Crippen LogP) is 3.40. The molecule has 4 rings (SSSR count). The van der Waals surface area contributed by atoms with E-state index in [1.165, 1.54) is 10.6 Å². The Morgan fingerprint density at radius 3 is 2.73 bits per heavy atom. The van der Waals surface area contributed by atoms with E-state index in [0.29, 0.717) is 5.92 Å². The van der Waals surface area contributed by atoms with Gasteiger partial charge in [0.15, 0.2) is 10.9 Å². The van der Waals surface area contributed by atoms with Gasteiger partial charge < -0.3 is 10.3 Å². The summed E-state index contributed by atoms with van der Waals surface area (Å²) in [6, 6.07) is 0. The summed E-state index contributed by atoms with van der Waals surface area (Å²) < 4.78 is 0. The summed E-state index contributed by atoms with van der Waals surface area (Å²) in [4.78, 5) is 24.7. The van der Waals surface area contributed by atoms with Crippen molar-refractivity contribution < 1.29 is 0 Å². The minimum absolute atomic E-state index is 0.423. The van der Waals surface area contributed by atoms with Gasteiger partial charge in [-0.05, 0) is 39.8 Å². The van der Waals surface area contributed by atoms with Crippen LogP contribution in [0.4, 0.5) is 10.9 Å². The quantitative estimate of drug-likeness (QED) is 0.717. The Morgan fingerprint density at radius 2 is 2.04 bits per heavy atom. The van der Waals surface area contributed by atoms with Gasteiger partial charge in [0.25, 0.3) is 0 Å². The zero-order chi connectivity index (χ0) is 17.9. The SMILES string of the molecule is Cc1nc(Nc2nccnc2C2CCN(Cc3cnc[nH]3)CC2)sc1C. The lowest BCUT2D eigenvalue weighted by Crippen LogP contribution is -2.33. The van der Waals surface area contributed by atoms with Crippen LogP contribution >= 0.6 is 11.3 Å². The lowest BCUT2D eigenvalue weighted by Gasteiger charge is -2.31. The van der Waals surface area contributed by atoms with Crippen molar-refractivity contribution in [3.05, 3.63) is 46.9 Å². The number of hydrogen-bond donors (Lipinski definition) is 2. The van der Waals surface area contributed by atoms with Crippen LogP contribution in [0.5, 0.6) is 0 Å². The number of likely N-dealkylation sites (tertiary alicyclic amines) is 1. The molecule has 0 atom stereocenters. The van der Waals surface area contributed by atoms with Crippen LogP contribution in [-0.2, 0) is 6.54 Å². The molecule has 0 saturated carbocycles. The third kappa shape index (κ3) is 3.76. The van der Waals surface area contributed by atoms with E-state index < -0.39 is 0 Å². The average molecular weight is 369 g/mol. The molecule has 8 heteroatoms. The second-order valence-corrected chi connectivity index (χ2v) is 7.91. The fourth-order valence-corrected chi connectivity index (χ4v) is 4.16. The minimum Gasteiger partial charge on any atom is -0.347 e. The maximum atomic E-state index is 4.65. The largest absolute Gasteiger partial charge is 0.347 e. The average Bonchev–Trinajstić information content (AvgIpc) is 3.26. The molecule has 26 heavy (non-hydrogen) atoms. The number of aromatic nitrogens is 5. The predicted molar refractivity (Wildman–Crippen MR) is 103 cm³/mol. The summed E-state index contributed by atoms with van der Waals surface area (Å²) >= 11 is 1.66. The van der Waals surface area contributed by atoms with Crippen LogP contribution in [0.1, 0.15) is 40.7 Å². The van der Waals surface area contributed by atoms with E-state index in [1.54, 1.807) is 30.1 Å². The van der Waals surface area contributed by atoms with Crippen molar-refractivity contribution in [1.29, 1.82) is 0 Å². The topological polar surface area (TPSA) is 82.6 Å². The van der Waals surface area contributed by atoms with Gasteiger partial charge in [0.1, 0.15) is 0 Å². The van der Waals surface area contributed by atoms with Gasteiger partial charge in [0.2, 0.25) is 0 Å². The third-order valence-corrected chi connectivity index (χ3v) is 5.89. The standard InChI is InChI=1S/C18H23N7S/c1-12-13(2)26-18(23-12)24-17-16(20-5-6-21-17)14-3-7-25(8-4-14)10-15-9-19-11-22-15/h5-6,9,11,14H,3-4,7-8,10H2,1-2H3,(H,19,22)(H,21,23,24). The molecule has 0 aliphatic carbocycles. The number of hydrogen-bond acceptors (Lipinski definition) is 7. The van der Waals surface area contributed by atoms with Crippen molar-refractivity contribution in [2.75, 3.05) is 18.4 Å². The highest BCUT2D eigenvalue weighted by atomic mass is 32.1. The van der Waals surface area contributed by atoms with Crippen molar-refractivity contribution in [2.24, 2.45) is 0 Å². The van der Waals surface area contributed by atoms with Crippen molar-refractivity contribution in [3.8, 4) is 0 Å². The lowest BCUT2D eigenvalue weighted by atomic mass is 9.93. The fourth-order valence-electron chi connectivity index (χ4n) is 3.35. The highest BCUT2D eigenvalue weighted by Gasteiger charge is 2.25. The summed E-state index contributed by atoms with van der Waals surface area (Å²) in [6.07, 6.45) is 9.33. The Morgan fingerprint density at radius 1 is 1.23 bits per heavy atom. The van der Waals surface area contributed by atoms with E-state index in [2.05, 4.69) is 42.1 Å². The number of anilines is 2. The third-order valence-electron chi connectivity index (χ3n) is 4.90. The van der Waals surface area contributed by atoms with E-state index in [-0.39, 0.29) is 0 Å². The van der Waals surface area contributed by atoms with Gasteiger partial charge in [-0.1, -0.05) is 0 Å². The van der Waals surface area contributed by atoms with Crippen LogP contribution in [0.3, 0.4) is 0 Å². The fraction of sp³-hybridized carbons (Fsp3) is 0.444. The smallest absolute Gasteiger partial charge is 0.188 e. The molecule has 0 bridgehead atoms. The zero-order valence-electron chi connectivity index (χ0n) is 15.1. The number of aryl methyl sites for hydroxylation is 2. The van der Waals surface area contributed by atoms with Crippen LogP contribution < -0.4 is 5.32 Å². The van der Waals surface area contributed by atoms with Gasteiger partial charge in [-0.25, -0.2) is 15.0 Å². The molecule has 0 radical (unpaired) electrons. The molecule has 0 unspecified atom stereocenters. The molecule has 7 nitrogen and oxygen atoms in total. The number of aromatic amines is 1. The minimum atomic E-state index is 0.423. The van der Waals surface area contributed by atoms with Crippen LogP contribution in [0.15, 0.2) is 24.9 Å². The summed E-state index contributed by atoms with van der Waals surface area (Å²) in [6.45, 7) is 7.15. The summed E-state index contributed by atoms with van der Waals surface area (Å²) in [7, 11) is 0. The van der Waals surface area contributed by atoms with Gasteiger partial charge in [-0.3, -0.25) is 9.88 Å². The number of H-pyrrole nitrogens is 1. The number of rotatable bonds is 5. The Kier molecular flexibility index (Phi) is 4.94. The van der Waals surface area contributed by atoms with E-state index >= 15 is 0 Å². The molecule has 1 fully saturated rings. The molecule has 3 aromatic heterocycles. The van der Waals surface area contributed by atoms with Gasteiger partial charge in [-0.2, -0.15) is 0 Å². The molecule has 1 aliphatic rings.